The summed E-state index contributed by atoms with van der Waals surface area (Å²) in [6, 6.07) is 8.11. The first kappa shape index (κ1) is 12.8. The zero-order valence-corrected chi connectivity index (χ0v) is 12.2. The molecule has 0 unspecified atom stereocenters. The van der Waals surface area contributed by atoms with Crippen molar-refractivity contribution in [1.29, 1.82) is 0 Å². The van der Waals surface area contributed by atoms with Gasteiger partial charge < -0.3 is 14.7 Å². The Hall–Kier alpha value is -2.23. The second kappa shape index (κ2) is 4.40. The van der Waals surface area contributed by atoms with Gasteiger partial charge in [-0.1, -0.05) is 20.8 Å². The SMILES string of the molecule is COc1ccc2[nH]c(-c3cnc(C(C)(C)C)[nH]3)cc2c1. The number of methoxy groups -OCH3 is 1. The van der Waals surface area contributed by atoms with Crippen molar-refractivity contribution in [2.45, 2.75) is 26.2 Å². The van der Waals surface area contributed by atoms with E-state index in [1.165, 1.54) is 0 Å². The summed E-state index contributed by atoms with van der Waals surface area (Å²) in [6.45, 7) is 6.43. The van der Waals surface area contributed by atoms with Crippen LogP contribution in [0.5, 0.6) is 5.75 Å². The van der Waals surface area contributed by atoms with Crippen LogP contribution in [0.1, 0.15) is 26.6 Å². The van der Waals surface area contributed by atoms with E-state index in [4.69, 9.17) is 4.74 Å². The molecule has 2 heterocycles. The van der Waals surface area contributed by atoms with E-state index in [1.54, 1.807) is 7.11 Å². The minimum atomic E-state index is 0.0213. The first-order chi connectivity index (χ1) is 9.47. The number of imidazole rings is 1. The quantitative estimate of drug-likeness (QED) is 0.742. The number of nitrogens with zero attached hydrogens (tertiary/aromatic N) is 1. The predicted molar refractivity (Wildman–Crippen MR) is 81.1 cm³/mol. The van der Waals surface area contributed by atoms with Gasteiger partial charge in [0.05, 0.1) is 24.7 Å². The zero-order valence-electron chi connectivity index (χ0n) is 12.2. The number of nitrogens with one attached hydrogen (secondary N) is 2. The molecule has 0 spiro atoms. The Labute approximate surface area is 118 Å². The molecule has 3 aromatic rings. The molecule has 0 aliphatic heterocycles. The highest BCUT2D eigenvalue weighted by Crippen LogP contribution is 2.27. The summed E-state index contributed by atoms with van der Waals surface area (Å²) in [5.74, 6) is 1.85. The first-order valence-electron chi connectivity index (χ1n) is 6.70. The van der Waals surface area contributed by atoms with Crippen LogP contribution >= 0.6 is 0 Å². The van der Waals surface area contributed by atoms with Crippen LogP contribution in [0.2, 0.25) is 0 Å². The minimum Gasteiger partial charge on any atom is -0.497 e. The lowest BCUT2D eigenvalue weighted by Gasteiger charge is -2.13. The highest BCUT2D eigenvalue weighted by atomic mass is 16.5. The molecule has 0 saturated heterocycles. The van der Waals surface area contributed by atoms with Gasteiger partial charge in [0, 0.05) is 16.3 Å². The topological polar surface area (TPSA) is 53.7 Å². The number of ether oxygens (including phenoxy) is 1. The fourth-order valence-electron chi connectivity index (χ4n) is 2.22. The third kappa shape index (κ3) is 2.18. The fourth-order valence-corrected chi connectivity index (χ4v) is 2.22. The molecule has 0 fully saturated rings. The molecule has 104 valence electrons. The van der Waals surface area contributed by atoms with E-state index < -0.39 is 0 Å². The highest BCUT2D eigenvalue weighted by Gasteiger charge is 2.18. The van der Waals surface area contributed by atoms with Gasteiger partial charge >= 0.3 is 0 Å². The Bertz CT molecular complexity index is 747. The number of aromatic nitrogens is 3. The van der Waals surface area contributed by atoms with Crippen LogP contribution in [-0.4, -0.2) is 22.1 Å². The maximum atomic E-state index is 5.25. The van der Waals surface area contributed by atoms with Crippen molar-refractivity contribution in [1.82, 2.24) is 15.0 Å². The van der Waals surface area contributed by atoms with Crippen molar-refractivity contribution in [3.63, 3.8) is 0 Å². The molecule has 4 heteroatoms. The molecule has 2 N–H and O–H groups in total. The van der Waals surface area contributed by atoms with Crippen molar-refractivity contribution >= 4 is 10.9 Å². The predicted octanol–water partition coefficient (Wildman–Crippen LogP) is 3.86. The van der Waals surface area contributed by atoms with E-state index in [0.29, 0.717) is 0 Å². The summed E-state index contributed by atoms with van der Waals surface area (Å²) in [7, 11) is 1.68. The van der Waals surface area contributed by atoms with E-state index >= 15 is 0 Å². The lowest BCUT2D eigenvalue weighted by molar-refractivity contribution is 0.415. The van der Waals surface area contributed by atoms with Gasteiger partial charge in [0.15, 0.2) is 0 Å². The number of hydrogen-bond acceptors (Lipinski definition) is 2. The van der Waals surface area contributed by atoms with Crippen molar-refractivity contribution in [2.24, 2.45) is 0 Å². The lowest BCUT2D eigenvalue weighted by Crippen LogP contribution is -2.13. The van der Waals surface area contributed by atoms with Gasteiger partial charge in [0.1, 0.15) is 11.6 Å². The maximum absolute atomic E-state index is 5.25. The molecule has 0 atom stereocenters. The standard InChI is InChI=1S/C16H19N3O/c1-16(2,3)15-17-9-14(19-15)13-8-10-7-11(20-4)5-6-12(10)18-13/h5-9,18H,1-4H3,(H,17,19). The molecule has 4 nitrogen and oxygen atoms in total. The summed E-state index contributed by atoms with van der Waals surface area (Å²) in [5.41, 5.74) is 3.15. The number of benzene rings is 1. The van der Waals surface area contributed by atoms with Crippen LogP contribution in [-0.2, 0) is 5.41 Å². The normalized spacial score (nSPS) is 12.0. The van der Waals surface area contributed by atoms with Crippen LogP contribution in [0.3, 0.4) is 0 Å². The van der Waals surface area contributed by atoms with Crippen LogP contribution in [0.25, 0.3) is 22.3 Å². The molecule has 0 aliphatic rings. The zero-order chi connectivity index (χ0) is 14.3. The summed E-state index contributed by atoms with van der Waals surface area (Å²) in [6.07, 6.45) is 1.88. The van der Waals surface area contributed by atoms with Crippen molar-refractivity contribution < 1.29 is 4.74 Å². The van der Waals surface area contributed by atoms with Crippen LogP contribution in [0.15, 0.2) is 30.5 Å². The molecular formula is C16H19N3O. The lowest BCUT2D eigenvalue weighted by atomic mass is 9.96. The minimum absolute atomic E-state index is 0.0213. The van der Waals surface area contributed by atoms with Crippen molar-refractivity contribution in [3.05, 3.63) is 36.3 Å². The highest BCUT2D eigenvalue weighted by molar-refractivity contribution is 5.86. The summed E-state index contributed by atoms with van der Waals surface area (Å²) in [4.78, 5) is 11.3. The van der Waals surface area contributed by atoms with E-state index in [9.17, 15) is 0 Å². The molecule has 0 saturated carbocycles. The summed E-state index contributed by atoms with van der Waals surface area (Å²) >= 11 is 0. The molecule has 1 aromatic carbocycles. The average Bonchev–Trinajstić information content (AvgIpc) is 3.03. The number of hydrogen-bond donors (Lipinski definition) is 2. The fraction of sp³-hybridized carbons (Fsp3) is 0.312. The molecule has 2 aromatic heterocycles. The summed E-state index contributed by atoms with van der Waals surface area (Å²) < 4.78 is 5.25. The van der Waals surface area contributed by atoms with Gasteiger partial charge in [-0.2, -0.15) is 0 Å². The molecule has 0 aliphatic carbocycles. The van der Waals surface area contributed by atoms with Crippen LogP contribution in [0.4, 0.5) is 0 Å². The van der Waals surface area contributed by atoms with Gasteiger partial charge in [-0.15, -0.1) is 0 Å². The molecule has 0 radical (unpaired) electrons. The molecule has 3 rings (SSSR count). The van der Waals surface area contributed by atoms with E-state index in [1.807, 2.05) is 24.4 Å². The van der Waals surface area contributed by atoms with Gasteiger partial charge in [-0.3, -0.25) is 0 Å². The number of aromatic amines is 2. The Balaban J connectivity index is 2.04. The second-order valence-corrected chi connectivity index (χ2v) is 6.03. The molecular weight excluding hydrogens is 250 g/mol. The maximum Gasteiger partial charge on any atom is 0.119 e. The van der Waals surface area contributed by atoms with Crippen molar-refractivity contribution in [3.8, 4) is 17.1 Å². The third-order valence-corrected chi connectivity index (χ3v) is 3.40. The molecule has 0 bridgehead atoms. The molecule has 0 amide bonds. The first-order valence-corrected chi connectivity index (χ1v) is 6.70. The Morgan fingerprint density at radius 2 is 1.85 bits per heavy atom. The Morgan fingerprint density at radius 1 is 1.05 bits per heavy atom. The van der Waals surface area contributed by atoms with Gasteiger partial charge in [0.25, 0.3) is 0 Å². The van der Waals surface area contributed by atoms with Gasteiger partial charge in [-0.05, 0) is 24.3 Å². The number of fused-ring (bicyclic) bond motifs is 1. The average molecular weight is 269 g/mol. The van der Waals surface area contributed by atoms with Crippen molar-refractivity contribution in [2.75, 3.05) is 7.11 Å². The summed E-state index contributed by atoms with van der Waals surface area (Å²) in [5, 5.41) is 1.13. The monoisotopic (exact) mass is 269 g/mol. The third-order valence-electron chi connectivity index (χ3n) is 3.40. The number of rotatable bonds is 2. The van der Waals surface area contributed by atoms with Gasteiger partial charge in [0.2, 0.25) is 0 Å². The number of H-pyrrole nitrogens is 2. The van der Waals surface area contributed by atoms with Crippen LogP contribution in [0, 0.1) is 0 Å². The van der Waals surface area contributed by atoms with Gasteiger partial charge in [-0.25, -0.2) is 4.98 Å². The smallest absolute Gasteiger partial charge is 0.119 e. The van der Waals surface area contributed by atoms with E-state index in [2.05, 4.69) is 41.8 Å². The van der Waals surface area contributed by atoms with E-state index in [0.717, 1.165) is 33.9 Å². The molecule has 20 heavy (non-hydrogen) atoms. The largest absolute Gasteiger partial charge is 0.497 e. The Kier molecular flexibility index (Phi) is 2.82. The Morgan fingerprint density at radius 3 is 2.50 bits per heavy atom. The van der Waals surface area contributed by atoms with Crippen LogP contribution < -0.4 is 4.74 Å². The van der Waals surface area contributed by atoms with E-state index in [-0.39, 0.29) is 5.41 Å². The second-order valence-electron chi connectivity index (χ2n) is 6.03.